The van der Waals surface area contributed by atoms with E-state index < -0.39 is 0 Å². The first-order chi connectivity index (χ1) is 15.7. The molecule has 2 N–H and O–H groups in total. The molecule has 7 heteroatoms. The predicted molar refractivity (Wildman–Crippen MR) is 126 cm³/mol. The van der Waals surface area contributed by atoms with Gasteiger partial charge in [-0.1, -0.05) is 36.4 Å². The number of hydrogen-bond donors (Lipinski definition) is 2. The maximum Gasteiger partial charge on any atom is 0.191 e. The van der Waals surface area contributed by atoms with Gasteiger partial charge in [-0.25, -0.2) is 0 Å². The smallest absolute Gasteiger partial charge is 0.191 e. The lowest BCUT2D eigenvalue weighted by Crippen LogP contribution is -2.41. The highest BCUT2D eigenvalue weighted by Gasteiger charge is 2.14. The Morgan fingerprint density at radius 3 is 2.56 bits per heavy atom. The molecule has 174 valence electrons. The maximum atomic E-state index is 6.04. The normalized spacial score (nSPS) is 15.8. The molecule has 1 atom stereocenters. The lowest BCUT2D eigenvalue weighted by atomic mass is 10.1. The molecule has 1 aliphatic rings. The van der Waals surface area contributed by atoms with E-state index in [4.69, 9.17) is 18.9 Å². The van der Waals surface area contributed by atoms with Gasteiger partial charge in [0.15, 0.2) is 17.5 Å². The highest BCUT2D eigenvalue weighted by molar-refractivity contribution is 5.79. The predicted octanol–water partition coefficient (Wildman–Crippen LogP) is 3.52. The van der Waals surface area contributed by atoms with E-state index in [0.717, 1.165) is 43.5 Å². The van der Waals surface area contributed by atoms with E-state index in [1.165, 1.54) is 11.1 Å². The van der Waals surface area contributed by atoms with Crippen molar-refractivity contribution >= 4 is 5.96 Å². The second-order valence-electron chi connectivity index (χ2n) is 7.83. The molecule has 0 saturated carbocycles. The Labute approximate surface area is 191 Å². The molecule has 1 aliphatic heterocycles. The summed E-state index contributed by atoms with van der Waals surface area (Å²) in [7, 11) is 3.40. The molecule has 0 radical (unpaired) electrons. The summed E-state index contributed by atoms with van der Waals surface area (Å²) < 4.78 is 22.8. The van der Waals surface area contributed by atoms with Crippen molar-refractivity contribution in [2.75, 3.05) is 33.9 Å². The summed E-state index contributed by atoms with van der Waals surface area (Å²) in [6.45, 7) is 5.51. The second-order valence-corrected chi connectivity index (χ2v) is 7.83. The number of guanidine groups is 1. The van der Waals surface area contributed by atoms with Crippen LogP contribution in [0, 0.1) is 0 Å². The SMILES string of the molecule is CN=C(NCc1cccc(COC2CCOCC2)c1)NCC(C)Oc1ccccc1OC. The summed E-state index contributed by atoms with van der Waals surface area (Å²) in [4.78, 5) is 4.31. The fourth-order valence-corrected chi connectivity index (χ4v) is 3.51. The van der Waals surface area contributed by atoms with Crippen LogP contribution >= 0.6 is 0 Å². The number of para-hydroxylation sites is 2. The molecule has 2 aromatic rings. The van der Waals surface area contributed by atoms with E-state index >= 15 is 0 Å². The summed E-state index contributed by atoms with van der Waals surface area (Å²) in [6, 6.07) is 16.1. The van der Waals surface area contributed by atoms with Crippen LogP contribution in [-0.2, 0) is 22.6 Å². The van der Waals surface area contributed by atoms with E-state index in [9.17, 15) is 0 Å². The van der Waals surface area contributed by atoms with Crippen LogP contribution in [0.4, 0.5) is 0 Å². The van der Waals surface area contributed by atoms with Crippen LogP contribution in [0.15, 0.2) is 53.5 Å². The fraction of sp³-hybridized carbons (Fsp3) is 0.480. The van der Waals surface area contributed by atoms with Crippen molar-refractivity contribution in [2.24, 2.45) is 4.99 Å². The third-order valence-corrected chi connectivity index (χ3v) is 5.28. The second kappa shape index (κ2) is 12.9. The van der Waals surface area contributed by atoms with Gasteiger partial charge in [-0.3, -0.25) is 4.99 Å². The number of aliphatic imine (C=N–C) groups is 1. The standard InChI is InChI=1S/C25H35N3O4/c1-19(32-24-10-5-4-9-23(24)29-3)16-27-25(26-2)28-17-20-7-6-8-21(15-20)18-31-22-11-13-30-14-12-22/h4-10,15,19,22H,11-14,16-18H2,1-3H3,(H2,26,27,28). The molecule has 0 amide bonds. The number of benzene rings is 2. The Bertz CT molecular complexity index is 853. The maximum absolute atomic E-state index is 6.04. The molecule has 7 nitrogen and oxygen atoms in total. The molecule has 32 heavy (non-hydrogen) atoms. The minimum Gasteiger partial charge on any atom is -0.493 e. The topological polar surface area (TPSA) is 73.3 Å². The average molecular weight is 442 g/mol. The molecule has 3 rings (SSSR count). The first kappa shape index (κ1) is 23.9. The molecule has 2 aromatic carbocycles. The Morgan fingerprint density at radius 1 is 1.06 bits per heavy atom. The largest absolute Gasteiger partial charge is 0.493 e. The van der Waals surface area contributed by atoms with Gasteiger partial charge in [-0.15, -0.1) is 0 Å². The van der Waals surface area contributed by atoms with Crippen LogP contribution in [0.2, 0.25) is 0 Å². The van der Waals surface area contributed by atoms with Crippen molar-refractivity contribution in [1.82, 2.24) is 10.6 Å². The summed E-state index contributed by atoms with van der Waals surface area (Å²) in [5.41, 5.74) is 2.36. The average Bonchev–Trinajstić information content (AvgIpc) is 2.84. The van der Waals surface area contributed by atoms with E-state index in [-0.39, 0.29) is 6.10 Å². The van der Waals surface area contributed by atoms with Crippen molar-refractivity contribution in [3.8, 4) is 11.5 Å². The minimum absolute atomic E-state index is 0.0597. The molecule has 1 saturated heterocycles. The monoisotopic (exact) mass is 441 g/mol. The number of ether oxygens (including phenoxy) is 4. The van der Waals surface area contributed by atoms with Crippen molar-refractivity contribution in [3.05, 3.63) is 59.7 Å². The minimum atomic E-state index is -0.0597. The van der Waals surface area contributed by atoms with Crippen molar-refractivity contribution in [3.63, 3.8) is 0 Å². The number of hydrogen-bond acceptors (Lipinski definition) is 5. The Balaban J connectivity index is 1.42. The molecule has 1 unspecified atom stereocenters. The van der Waals surface area contributed by atoms with Crippen LogP contribution in [0.3, 0.4) is 0 Å². The lowest BCUT2D eigenvalue weighted by Gasteiger charge is -2.22. The van der Waals surface area contributed by atoms with E-state index in [1.54, 1.807) is 14.2 Å². The van der Waals surface area contributed by atoms with Crippen molar-refractivity contribution < 1.29 is 18.9 Å². The van der Waals surface area contributed by atoms with Gasteiger partial charge in [-0.05, 0) is 43.0 Å². The highest BCUT2D eigenvalue weighted by Crippen LogP contribution is 2.26. The van der Waals surface area contributed by atoms with Gasteiger partial charge in [0.1, 0.15) is 6.10 Å². The van der Waals surface area contributed by atoms with Gasteiger partial charge in [0, 0.05) is 26.8 Å². The van der Waals surface area contributed by atoms with Crippen LogP contribution in [0.1, 0.15) is 30.9 Å². The number of nitrogens with zero attached hydrogens (tertiary/aromatic N) is 1. The molecule has 0 aromatic heterocycles. The number of rotatable bonds is 10. The van der Waals surface area contributed by atoms with Gasteiger partial charge in [0.2, 0.25) is 0 Å². The number of methoxy groups -OCH3 is 1. The summed E-state index contributed by atoms with van der Waals surface area (Å²) >= 11 is 0. The van der Waals surface area contributed by atoms with E-state index in [1.807, 2.05) is 31.2 Å². The van der Waals surface area contributed by atoms with Crippen LogP contribution in [-0.4, -0.2) is 52.1 Å². The zero-order valence-electron chi connectivity index (χ0n) is 19.3. The quantitative estimate of drug-likeness (QED) is 0.434. The number of nitrogens with one attached hydrogen (secondary N) is 2. The Morgan fingerprint density at radius 2 is 1.81 bits per heavy atom. The lowest BCUT2D eigenvalue weighted by molar-refractivity contribution is -0.0390. The molecule has 0 spiro atoms. The van der Waals surface area contributed by atoms with Gasteiger partial charge in [-0.2, -0.15) is 0 Å². The first-order valence-corrected chi connectivity index (χ1v) is 11.2. The van der Waals surface area contributed by atoms with Crippen molar-refractivity contribution in [2.45, 2.75) is 45.1 Å². The van der Waals surface area contributed by atoms with Crippen LogP contribution in [0.25, 0.3) is 0 Å². The van der Waals surface area contributed by atoms with Crippen molar-refractivity contribution in [1.29, 1.82) is 0 Å². The summed E-state index contributed by atoms with van der Waals surface area (Å²) in [6.07, 6.45) is 2.19. The third-order valence-electron chi connectivity index (χ3n) is 5.28. The molecular formula is C25H35N3O4. The first-order valence-electron chi connectivity index (χ1n) is 11.2. The van der Waals surface area contributed by atoms with Gasteiger partial charge < -0.3 is 29.6 Å². The highest BCUT2D eigenvalue weighted by atomic mass is 16.5. The Hall–Kier alpha value is -2.77. The molecule has 0 aliphatic carbocycles. The summed E-state index contributed by atoms with van der Waals surface area (Å²) in [5.74, 6) is 2.18. The van der Waals surface area contributed by atoms with Gasteiger partial charge in [0.25, 0.3) is 0 Å². The molecular weight excluding hydrogens is 406 g/mol. The van der Waals surface area contributed by atoms with Gasteiger partial charge in [0.05, 0.1) is 26.4 Å². The zero-order valence-corrected chi connectivity index (χ0v) is 19.3. The fourth-order valence-electron chi connectivity index (χ4n) is 3.51. The Kier molecular flexibility index (Phi) is 9.65. The van der Waals surface area contributed by atoms with Crippen LogP contribution < -0.4 is 20.1 Å². The molecule has 1 fully saturated rings. The third kappa shape index (κ3) is 7.73. The van der Waals surface area contributed by atoms with E-state index in [2.05, 4.69) is 39.9 Å². The summed E-state index contributed by atoms with van der Waals surface area (Å²) in [5, 5.41) is 6.68. The van der Waals surface area contributed by atoms with Crippen LogP contribution in [0.5, 0.6) is 11.5 Å². The molecule has 0 bridgehead atoms. The molecule has 1 heterocycles. The zero-order chi connectivity index (χ0) is 22.6. The van der Waals surface area contributed by atoms with E-state index in [0.29, 0.717) is 25.8 Å². The van der Waals surface area contributed by atoms with Gasteiger partial charge >= 0.3 is 0 Å².